The van der Waals surface area contributed by atoms with Crippen LogP contribution >= 0.6 is 46.8 Å². The molecule has 3 nitrogen and oxygen atoms in total. The average Bonchev–Trinajstić information content (AvgIpc) is 1.95. The first-order chi connectivity index (χ1) is 5.90. The number of amides is 2. The van der Waals surface area contributed by atoms with Crippen molar-refractivity contribution in [3.8, 4) is 0 Å². The number of piperidine rings is 1. The number of halogens is 3. The van der Waals surface area contributed by atoms with E-state index in [4.69, 9.17) is 34.8 Å². The zero-order valence-corrected chi connectivity index (χ0v) is 9.51. The summed E-state index contributed by atoms with van der Waals surface area (Å²) in [5.41, 5.74) is 0. The first-order valence-corrected chi connectivity index (χ1v) is 5.42. The van der Waals surface area contributed by atoms with Gasteiger partial charge in [-0.3, -0.25) is 9.59 Å². The molecule has 2 amide bonds. The van der Waals surface area contributed by atoms with Gasteiger partial charge in [-0.05, 0) is 6.42 Å². The first-order valence-electron chi connectivity index (χ1n) is 3.52. The lowest BCUT2D eigenvalue weighted by molar-refractivity contribution is -0.140. The molecule has 0 aromatic rings. The molecule has 13 heavy (non-hydrogen) atoms. The van der Waals surface area contributed by atoms with Crippen molar-refractivity contribution in [3.05, 3.63) is 0 Å². The highest BCUT2D eigenvalue weighted by Gasteiger charge is 2.34. The van der Waals surface area contributed by atoms with E-state index in [2.05, 4.69) is 0 Å². The Bertz CT molecular complexity index is 225. The Hall–Kier alpha value is 0.360. The summed E-state index contributed by atoms with van der Waals surface area (Å²) in [4.78, 5) is 22.4. The fourth-order valence-electron chi connectivity index (χ4n) is 0.938. The third-order valence-corrected chi connectivity index (χ3v) is 2.85. The molecular formula is C6H6Cl3NO2S. The van der Waals surface area contributed by atoms with Crippen molar-refractivity contribution in [3.63, 3.8) is 0 Å². The van der Waals surface area contributed by atoms with Crippen LogP contribution in [0.1, 0.15) is 19.3 Å². The predicted molar refractivity (Wildman–Crippen MR) is 53.6 cm³/mol. The van der Waals surface area contributed by atoms with Gasteiger partial charge in [-0.2, -0.15) is 0 Å². The molecule has 7 heteroatoms. The number of hydrogen-bond donors (Lipinski definition) is 0. The quantitative estimate of drug-likeness (QED) is 0.414. The van der Waals surface area contributed by atoms with Gasteiger partial charge in [0.05, 0.1) is 0 Å². The summed E-state index contributed by atoms with van der Waals surface area (Å²) in [5, 5.41) is 0. The second-order valence-electron chi connectivity index (χ2n) is 2.47. The van der Waals surface area contributed by atoms with Gasteiger partial charge in [0.2, 0.25) is 11.8 Å². The Morgan fingerprint density at radius 2 is 1.62 bits per heavy atom. The summed E-state index contributed by atoms with van der Waals surface area (Å²) in [5.74, 6) is -0.597. The van der Waals surface area contributed by atoms with E-state index in [1.807, 2.05) is 0 Å². The van der Waals surface area contributed by atoms with Gasteiger partial charge in [-0.25, -0.2) is 4.31 Å². The molecule has 1 rings (SSSR count). The Morgan fingerprint density at radius 3 is 2.00 bits per heavy atom. The molecule has 0 aliphatic carbocycles. The summed E-state index contributed by atoms with van der Waals surface area (Å²) in [6.45, 7) is 0. The second-order valence-corrected chi connectivity index (χ2v) is 6.59. The minimum atomic E-state index is -1.66. The van der Waals surface area contributed by atoms with Crippen molar-refractivity contribution >= 4 is 58.6 Å². The number of carbonyl (C=O) groups excluding carboxylic acids is 2. The maximum Gasteiger partial charge on any atom is 0.256 e. The standard InChI is InChI=1S/C6H6Cl3NO2S/c7-6(8,9)13-10-4(11)2-1-3-5(10)12/h1-3H2. The zero-order chi connectivity index (χ0) is 10.1. The Labute approximate surface area is 94.8 Å². The molecule has 0 atom stereocenters. The second kappa shape index (κ2) is 4.26. The molecule has 0 unspecified atom stereocenters. The van der Waals surface area contributed by atoms with Crippen molar-refractivity contribution in [2.75, 3.05) is 0 Å². The lowest BCUT2D eigenvalue weighted by Crippen LogP contribution is -2.36. The fraction of sp³-hybridized carbons (Fsp3) is 0.667. The van der Waals surface area contributed by atoms with Crippen LogP contribution in [-0.4, -0.2) is 19.2 Å². The van der Waals surface area contributed by atoms with Gasteiger partial charge in [-0.15, -0.1) is 0 Å². The molecular weight excluding hydrogens is 256 g/mol. The summed E-state index contributed by atoms with van der Waals surface area (Å²) in [7, 11) is 0. The predicted octanol–water partition coefficient (Wildman–Crippen LogP) is 2.50. The van der Waals surface area contributed by atoms with Crippen molar-refractivity contribution in [2.45, 2.75) is 22.4 Å². The van der Waals surface area contributed by atoms with Crippen molar-refractivity contribution in [1.29, 1.82) is 0 Å². The van der Waals surface area contributed by atoms with Crippen LogP contribution in [0.3, 0.4) is 0 Å². The molecule has 0 aromatic carbocycles. The summed E-state index contributed by atoms with van der Waals surface area (Å²) >= 11 is 17.0. The Kier molecular flexibility index (Phi) is 3.74. The molecule has 0 saturated carbocycles. The van der Waals surface area contributed by atoms with Crippen LogP contribution in [0.15, 0.2) is 0 Å². The number of rotatable bonds is 1. The molecule has 0 bridgehead atoms. The molecule has 1 heterocycles. The van der Waals surface area contributed by atoms with Crippen LogP contribution in [-0.2, 0) is 9.59 Å². The molecule has 0 N–H and O–H groups in total. The highest BCUT2D eigenvalue weighted by Crippen LogP contribution is 2.42. The van der Waals surface area contributed by atoms with Gasteiger partial charge in [0.15, 0.2) is 0 Å². The lowest BCUT2D eigenvalue weighted by atomic mass is 10.1. The van der Waals surface area contributed by atoms with E-state index in [1.165, 1.54) is 0 Å². The van der Waals surface area contributed by atoms with Crippen LogP contribution in [0.4, 0.5) is 0 Å². The van der Waals surface area contributed by atoms with Crippen molar-refractivity contribution < 1.29 is 9.59 Å². The number of alkyl halides is 3. The van der Waals surface area contributed by atoms with Crippen molar-refractivity contribution in [2.24, 2.45) is 0 Å². The third kappa shape index (κ3) is 3.54. The van der Waals surface area contributed by atoms with Gasteiger partial charge >= 0.3 is 0 Å². The topological polar surface area (TPSA) is 37.4 Å². The minimum absolute atomic E-state index is 0.299. The van der Waals surface area contributed by atoms with Gasteiger partial charge in [0.1, 0.15) is 0 Å². The maximum atomic E-state index is 11.2. The van der Waals surface area contributed by atoms with E-state index in [1.54, 1.807) is 0 Å². The van der Waals surface area contributed by atoms with E-state index < -0.39 is 3.12 Å². The minimum Gasteiger partial charge on any atom is -0.273 e. The van der Waals surface area contributed by atoms with Gasteiger partial charge in [0, 0.05) is 24.8 Å². The normalized spacial score (nSPS) is 19.5. The maximum absolute atomic E-state index is 11.2. The lowest BCUT2D eigenvalue weighted by Gasteiger charge is -2.25. The Balaban J connectivity index is 2.65. The number of hydrogen-bond acceptors (Lipinski definition) is 3. The van der Waals surface area contributed by atoms with Crippen molar-refractivity contribution in [1.82, 2.24) is 4.31 Å². The first kappa shape index (κ1) is 11.4. The van der Waals surface area contributed by atoms with E-state index in [9.17, 15) is 9.59 Å². The third-order valence-electron chi connectivity index (χ3n) is 1.43. The molecule has 1 fully saturated rings. The average molecular weight is 263 g/mol. The van der Waals surface area contributed by atoms with Crippen LogP contribution in [0, 0.1) is 0 Å². The molecule has 1 aliphatic heterocycles. The summed E-state index contributed by atoms with van der Waals surface area (Å²) < 4.78 is -0.737. The largest absolute Gasteiger partial charge is 0.273 e. The van der Waals surface area contributed by atoms with Crippen LogP contribution in [0.5, 0.6) is 0 Å². The number of carbonyl (C=O) groups is 2. The highest BCUT2D eigenvalue weighted by atomic mass is 35.6. The number of nitrogens with zero attached hydrogens (tertiary/aromatic N) is 1. The SMILES string of the molecule is O=C1CCCC(=O)N1SC(Cl)(Cl)Cl. The van der Waals surface area contributed by atoms with Crippen LogP contribution in [0.2, 0.25) is 0 Å². The number of imide groups is 1. The van der Waals surface area contributed by atoms with E-state index >= 15 is 0 Å². The van der Waals surface area contributed by atoms with Crippen LogP contribution in [0.25, 0.3) is 0 Å². The molecule has 0 radical (unpaired) electrons. The smallest absolute Gasteiger partial charge is 0.256 e. The Morgan fingerprint density at radius 1 is 1.15 bits per heavy atom. The fourth-order valence-corrected chi connectivity index (χ4v) is 2.15. The van der Waals surface area contributed by atoms with Crippen LogP contribution < -0.4 is 0 Å². The van der Waals surface area contributed by atoms with Gasteiger partial charge < -0.3 is 0 Å². The monoisotopic (exact) mass is 261 g/mol. The molecule has 74 valence electrons. The van der Waals surface area contributed by atoms with E-state index in [0.29, 0.717) is 31.2 Å². The molecule has 0 aromatic heterocycles. The highest BCUT2D eigenvalue weighted by molar-refractivity contribution is 8.03. The summed E-state index contributed by atoms with van der Waals surface area (Å²) in [6.07, 6.45) is 1.24. The summed E-state index contributed by atoms with van der Waals surface area (Å²) in [6, 6.07) is 0. The van der Waals surface area contributed by atoms with E-state index in [0.717, 1.165) is 4.31 Å². The van der Waals surface area contributed by atoms with Gasteiger partial charge in [-0.1, -0.05) is 34.8 Å². The zero-order valence-electron chi connectivity index (χ0n) is 6.43. The molecule has 0 spiro atoms. The van der Waals surface area contributed by atoms with Gasteiger partial charge in [0.25, 0.3) is 3.12 Å². The molecule has 1 aliphatic rings. The molecule has 1 saturated heterocycles. The van der Waals surface area contributed by atoms with E-state index in [-0.39, 0.29) is 11.8 Å².